The smallest absolute Gasteiger partial charge is 0.264 e. The van der Waals surface area contributed by atoms with Gasteiger partial charge in [-0.15, -0.1) is 11.3 Å². The summed E-state index contributed by atoms with van der Waals surface area (Å²) in [6.45, 7) is 10.8. The van der Waals surface area contributed by atoms with Crippen molar-refractivity contribution < 1.29 is 9.53 Å². The van der Waals surface area contributed by atoms with Crippen LogP contribution in [0.3, 0.4) is 0 Å². The zero-order valence-corrected chi connectivity index (χ0v) is 16.3. The molecule has 2 aromatic rings. The first-order valence-electron chi connectivity index (χ1n) is 9.39. The van der Waals surface area contributed by atoms with Gasteiger partial charge in [0.05, 0.1) is 23.8 Å². The highest BCUT2D eigenvalue weighted by Gasteiger charge is 2.26. The fourth-order valence-corrected chi connectivity index (χ4v) is 4.63. The molecule has 4 rings (SSSR count). The van der Waals surface area contributed by atoms with Gasteiger partial charge < -0.3 is 9.64 Å². The van der Waals surface area contributed by atoms with E-state index in [1.807, 2.05) is 24.0 Å². The largest absolute Gasteiger partial charge is 0.376 e. The third kappa shape index (κ3) is 3.43. The summed E-state index contributed by atoms with van der Waals surface area (Å²) < 4.78 is 7.79. The molecular formula is C19H26N4O2S. The predicted molar refractivity (Wildman–Crippen MR) is 101 cm³/mol. The van der Waals surface area contributed by atoms with Gasteiger partial charge >= 0.3 is 0 Å². The van der Waals surface area contributed by atoms with Crippen molar-refractivity contribution in [2.45, 2.75) is 40.0 Å². The molecule has 0 saturated carbocycles. The minimum absolute atomic E-state index is 0.170. The number of piperazine rings is 1. The zero-order valence-electron chi connectivity index (χ0n) is 15.5. The molecule has 0 spiro atoms. The van der Waals surface area contributed by atoms with Crippen molar-refractivity contribution in [2.75, 3.05) is 32.8 Å². The molecule has 6 nitrogen and oxygen atoms in total. The fourth-order valence-electron chi connectivity index (χ4n) is 3.79. The molecule has 2 aliphatic heterocycles. The van der Waals surface area contributed by atoms with Crippen LogP contribution in [0.25, 0.3) is 0 Å². The maximum absolute atomic E-state index is 12.6. The molecule has 1 fully saturated rings. The van der Waals surface area contributed by atoms with Gasteiger partial charge in [-0.3, -0.25) is 14.4 Å². The van der Waals surface area contributed by atoms with E-state index in [1.54, 1.807) is 11.3 Å². The topological polar surface area (TPSA) is 50.6 Å². The quantitative estimate of drug-likeness (QED) is 0.824. The number of nitrogens with zero attached hydrogens (tertiary/aromatic N) is 4. The number of fused-ring (bicyclic) bond motifs is 1. The number of aryl methyl sites for hydroxylation is 2. The molecule has 4 heterocycles. The Bertz CT molecular complexity index is 790. The lowest BCUT2D eigenvalue weighted by atomic mass is 10.1. The lowest BCUT2D eigenvalue weighted by Crippen LogP contribution is -2.48. The number of amides is 1. The number of hydrogen-bond donors (Lipinski definition) is 0. The van der Waals surface area contributed by atoms with E-state index in [2.05, 4.69) is 16.5 Å². The molecule has 1 saturated heterocycles. The lowest BCUT2D eigenvalue weighted by molar-refractivity contribution is 0.0629. The monoisotopic (exact) mass is 374 g/mol. The van der Waals surface area contributed by atoms with Crippen molar-refractivity contribution in [3.63, 3.8) is 0 Å². The average Bonchev–Trinajstić information content (AvgIpc) is 3.26. The van der Waals surface area contributed by atoms with E-state index in [4.69, 9.17) is 9.84 Å². The highest BCUT2D eigenvalue weighted by atomic mass is 32.1. The fraction of sp³-hybridized carbons (Fsp3) is 0.579. The summed E-state index contributed by atoms with van der Waals surface area (Å²) in [4.78, 5) is 19.0. The molecule has 0 aliphatic carbocycles. The molecule has 7 heteroatoms. The number of aromatic nitrogens is 2. The van der Waals surface area contributed by atoms with Crippen molar-refractivity contribution in [3.05, 3.63) is 38.8 Å². The van der Waals surface area contributed by atoms with Gasteiger partial charge in [0.15, 0.2) is 0 Å². The van der Waals surface area contributed by atoms with Gasteiger partial charge in [0.2, 0.25) is 0 Å². The summed E-state index contributed by atoms with van der Waals surface area (Å²) in [6.07, 6.45) is 0.957. The van der Waals surface area contributed by atoms with E-state index >= 15 is 0 Å². The molecule has 0 atom stereocenters. The number of carbonyl (C=O) groups is 1. The number of rotatable bonds is 4. The molecular weight excluding hydrogens is 348 g/mol. The first kappa shape index (κ1) is 17.7. The zero-order chi connectivity index (χ0) is 18.1. The summed E-state index contributed by atoms with van der Waals surface area (Å²) in [7, 11) is 0. The second kappa shape index (κ2) is 7.50. The number of thiophene rings is 1. The normalized spacial score (nSPS) is 18.2. The highest BCUT2D eigenvalue weighted by molar-refractivity contribution is 7.13. The highest BCUT2D eigenvalue weighted by Crippen LogP contribution is 2.23. The second-order valence-corrected chi connectivity index (χ2v) is 8.26. The number of carbonyl (C=O) groups excluding carboxylic acids is 1. The van der Waals surface area contributed by atoms with E-state index in [0.717, 1.165) is 62.9 Å². The van der Waals surface area contributed by atoms with Gasteiger partial charge in [0, 0.05) is 61.8 Å². The summed E-state index contributed by atoms with van der Waals surface area (Å²) in [5, 5.41) is 4.83. The van der Waals surface area contributed by atoms with Gasteiger partial charge in [0.25, 0.3) is 5.91 Å². The Morgan fingerprint density at radius 2 is 2.08 bits per heavy atom. The third-order valence-corrected chi connectivity index (χ3v) is 6.25. The Morgan fingerprint density at radius 1 is 1.27 bits per heavy atom. The van der Waals surface area contributed by atoms with Crippen LogP contribution in [0.15, 0.2) is 12.1 Å². The van der Waals surface area contributed by atoms with Gasteiger partial charge in [-0.25, -0.2) is 0 Å². The lowest BCUT2D eigenvalue weighted by Gasteiger charge is -2.34. The second-order valence-electron chi connectivity index (χ2n) is 6.97. The first-order valence-corrected chi connectivity index (χ1v) is 10.2. The van der Waals surface area contributed by atoms with Gasteiger partial charge in [0.1, 0.15) is 0 Å². The Kier molecular flexibility index (Phi) is 5.11. The third-order valence-electron chi connectivity index (χ3n) is 5.26. The molecule has 26 heavy (non-hydrogen) atoms. The maximum atomic E-state index is 12.6. The summed E-state index contributed by atoms with van der Waals surface area (Å²) in [6, 6.07) is 3.96. The summed E-state index contributed by atoms with van der Waals surface area (Å²) >= 11 is 1.58. The van der Waals surface area contributed by atoms with Crippen LogP contribution in [0.1, 0.15) is 38.4 Å². The molecule has 0 unspecified atom stereocenters. The molecule has 0 radical (unpaired) electrons. The Balaban J connectivity index is 1.38. The van der Waals surface area contributed by atoms with Crippen molar-refractivity contribution >= 4 is 17.2 Å². The standard InChI is InChI=1S/C19H26N4O2S/c1-3-23-17-6-11-25-13-15(17)16(20-23)12-21-7-9-22(10-8-21)19(24)18-5-4-14(2)26-18/h4-5H,3,6-13H2,1-2H3. The maximum Gasteiger partial charge on any atom is 0.264 e. The molecule has 2 aromatic heterocycles. The van der Waals surface area contributed by atoms with Gasteiger partial charge in [-0.2, -0.15) is 5.10 Å². The van der Waals surface area contributed by atoms with Crippen LogP contribution in [-0.4, -0.2) is 58.3 Å². The van der Waals surface area contributed by atoms with Crippen molar-refractivity contribution in [1.29, 1.82) is 0 Å². The summed E-state index contributed by atoms with van der Waals surface area (Å²) in [5.41, 5.74) is 3.77. The van der Waals surface area contributed by atoms with Gasteiger partial charge in [-0.1, -0.05) is 0 Å². The van der Waals surface area contributed by atoms with Gasteiger partial charge in [-0.05, 0) is 26.0 Å². The number of hydrogen-bond acceptors (Lipinski definition) is 5. The van der Waals surface area contributed by atoms with Crippen LogP contribution in [0, 0.1) is 6.92 Å². The molecule has 0 aromatic carbocycles. The van der Waals surface area contributed by atoms with Crippen LogP contribution >= 0.6 is 11.3 Å². The minimum atomic E-state index is 0.170. The Hall–Kier alpha value is -1.70. The van der Waals surface area contributed by atoms with Crippen molar-refractivity contribution in [3.8, 4) is 0 Å². The van der Waals surface area contributed by atoms with E-state index in [1.165, 1.54) is 16.1 Å². The molecule has 0 bridgehead atoms. The molecule has 0 N–H and O–H groups in total. The minimum Gasteiger partial charge on any atom is -0.376 e. The van der Waals surface area contributed by atoms with Crippen molar-refractivity contribution in [2.24, 2.45) is 0 Å². The Morgan fingerprint density at radius 3 is 2.77 bits per heavy atom. The van der Waals surface area contributed by atoms with E-state index in [-0.39, 0.29) is 5.91 Å². The number of ether oxygens (including phenoxy) is 1. The van der Waals surface area contributed by atoms with E-state index < -0.39 is 0 Å². The Labute approximate surface area is 158 Å². The van der Waals surface area contributed by atoms with Crippen LogP contribution < -0.4 is 0 Å². The van der Waals surface area contributed by atoms with Crippen molar-refractivity contribution in [1.82, 2.24) is 19.6 Å². The van der Waals surface area contributed by atoms with E-state index in [9.17, 15) is 4.79 Å². The summed E-state index contributed by atoms with van der Waals surface area (Å²) in [5.74, 6) is 0.170. The average molecular weight is 375 g/mol. The molecule has 1 amide bonds. The van der Waals surface area contributed by atoms with E-state index in [0.29, 0.717) is 6.61 Å². The van der Waals surface area contributed by atoms with Crippen LogP contribution in [0.5, 0.6) is 0 Å². The van der Waals surface area contributed by atoms with Crippen LogP contribution in [0.2, 0.25) is 0 Å². The van der Waals surface area contributed by atoms with Crippen LogP contribution in [-0.2, 0) is 30.9 Å². The molecule has 140 valence electrons. The molecule has 2 aliphatic rings. The van der Waals surface area contributed by atoms with Crippen LogP contribution in [0.4, 0.5) is 0 Å². The first-order chi connectivity index (χ1) is 12.7. The predicted octanol–water partition coefficient (Wildman–Crippen LogP) is 2.30. The SMILES string of the molecule is CCn1nc(CN2CCN(C(=O)c3ccc(C)s3)CC2)c2c1CCOC2.